The molecule has 0 saturated carbocycles. The van der Waals surface area contributed by atoms with Gasteiger partial charge < -0.3 is 14.3 Å². The average molecular weight is 271 g/mol. The van der Waals surface area contributed by atoms with Gasteiger partial charge in [0.2, 0.25) is 0 Å². The van der Waals surface area contributed by atoms with E-state index in [1.807, 2.05) is 48.5 Å². The first-order valence-corrected chi connectivity index (χ1v) is 6.18. The van der Waals surface area contributed by atoms with E-state index in [0.29, 0.717) is 0 Å². The molecule has 4 heteroatoms. The number of rotatable bonds is 5. The van der Waals surface area contributed by atoms with Crippen LogP contribution in [0, 0.1) is 0 Å². The van der Waals surface area contributed by atoms with E-state index in [9.17, 15) is 0 Å². The lowest BCUT2D eigenvalue weighted by Crippen LogP contribution is -2.04. The van der Waals surface area contributed by atoms with E-state index in [1.54, 1.807) is 14.2 Å². The lowest BCUT2D eigenvalue weighted by Gasteiger charge is -2.08. The highest BCUT2D eigenvalue weighted by molar-refractivity contribution is 6.12. The summed E-state index contributed by atoms with van der Waals surface area (Å²) in [6.45, 7) is 0. The molecule has 0 bridgehead atoms. The van der Waals surface area contributed by atoms with Gasteiger partial charge in [-0.15, -0.1) is 0 Å². The summed E-state index contributed by atoms with van der Waals surface area (Å²) in [6.07, 6.45) is 0. The highest BCUT2D eigenvalue weighted by atomic mass is 16.6. The van der Waals surface area contributed by atoms with Gasteiger partial charge in [0, 0.05) is 11.1 Å². The molecule has 2 rings (SSSR count). The predicted octanol–water partition coefficient (Wildman–Crippen LogP) is 3.10. The second-order valence-electron chi connectivity index (χ2n) is 4.08. The van der Waals surface area contributed by atoms with Crippen LogP contribution in [0.4, 0.5) is 0 Å². The van der Waals surface area contributed by atoms with Gasteiger partial charge in [-0.2, -0.15) is 0 Å². The molecule has 0 radical (unpaired) electrons. The van der Waals surface area contributed by atoms with Crippen LogP contribution >= 0.6 is 0 Å². The van der Waals surface area contributed by atoms with E-state index in [0.717, 1.165) is 28.3 Å². The number of methoxy groups -OCH3 is 2. The van der Waals surface area contributed by atoms with Crippen LogP contribution in [0.5, 0.6) is 11.5 Å². The van der Waals surface area contributed by atoms with Gasteiger partial charge in [-0.05, 0) is 48.5 Å². The van der Waals surface area contributed by atoms with Crippen LogP contribution in [-0.2, 0) is 4.84 Å². The Morgan fingerprint density at radius 1 is 0.700 bits per heavy atom. The molecule has 20 heavy (non-hydrogen) atoms. The zero-order valence-electron chi connectivity index (χ0n) is 11.8. The van der Waals surface area contributed by atoms with Crippen molar-refractivity contribution in [1.82, 2.24) is 0 Å². The summed E-state index contributed by atoms with van der Waals surface area (Å²) in [5.74, 6) is 1.61. The molecule has 4 nitrogen and oxygen atoms in total. The Hall–Kier alpha value is -2.49. The van der Waals surface area contributed by atoms with Crippen LogP contribution in [0.1, 0.15) is 11.1 Å². The molecule has 0 spiro atoms. The first kappa shape index (κ1) is 13.9. The van der Waals surface area contributed by atoms with Gasteiger partial charge in [0.1, 0.15) is 24.3 Å². The van der Waals surface area contributed by atoms with Gasteiger partial charge in [-0.1, -0.05) is 5.16 Å². The van der Waals surface area contributed by atoms with Crippen molar-refractivity contribution >= 4 is 5.71 Å². The molecule has 0 atom stereocenters. The smallest absolute Gasteiger partial charge is 0.118 e. The molecule has 0 aliphatic carbocycles. The quantitative estimate of drug-likeness (QED) is 0.619. The number of hydrogen-bond acceptors (Lipinski definition) is 4. The summed E-state index contributed by atoms with van der Waals surface area (Å²) >= 11 is 0. The van der Waals surface area contributed by atoms with Crippen LogP contribution in [-0.4, -0.2) is 27.0 Å². The zero-order valence-corrected chi connectivity index (χ0v) is 11.8. The predicted molar refractivity (Wildman–Crippen MR) is 78.6 cm³/mol. The van der Waals surface area contributed by atoms with Crippen molar-refractivity contribution in [3.8, 4) is 11.5 Å². The maximum absolute atomic E-state index is 5.16. The molecule has 2 aromatic carbocycles. The Morgan fingerprint density at radius 2 is 1.10 bits per heavy atom. The summed E-state index contributed by atoms with van der Waals surface area (Å²) in [6, 6.07) is 15.4. The molecular weight excluding hydrogens is 254 g/mol. The van der Waals surface area contributed by atoms with E-state index >= 15 is 0 Å². The van der Waals surface area contributed by atoms with Gasteiger partial charge in [-0.25, -0.2) is 0 Å². The third-order valence-corrected chi connectivity index (χ3v) is 2.91. The first-order valence-electron chi connectivity index (χ1n) is 6.18. The standard InChI is InChI=1S/C16H17NO3/c1-18-14-8-4-12(5-9-14)16(17-20-3)13-6-10-15(19-2)11-7-13/h4-11H,1-3H3. The van der Waals surface area contributed by atoms with Crippen molar-refractivity contribution < 1.29 is 14.3 Å². The minimum absolute atomic E-state index is 0.762. The molecule has 104 valence electrons. The summed E-state index contributed by atoms with van der Waals surface area (Å²) in [7, 11) is 4.82. The first-order chi connectivity index (χ1) is 9.78. The molecule has 0 heterocycles. The molecule has 0 fully saturated rings. The lowest BCUT2D eigenvalue weighted by molar-refractivity contribution is 0.214. The SMILES string of the molecule is CON=C(c1ccc(OC)cc1)c1ccc(OC)cc1. The van der Waals surface area contributed by atoms with Gasteiger partial charge in [0.05, 0.1) is 14.2 Å². The fraction of sp³-hybridized carbons (Fsp3) is 0.188. The summed E-state index contributed by atoms with van der Waals surface area (Å²) in [4.78, 5) is 4.95. The monoisotopic (exact) mass is 271 g/mol. The van der Waals surface area contributed by atoms with Gasteiger partial charge >= 0.3 is 0 Å². The summed E-state index contributed by atoms with van der Waals surface area (Å²) < 4.78 is 10.3. The third-order valence-electron chi connectivity index (χ3n) is 2.91. The average Bonchev–Trinajstić information content (AvgIpc) is 2.53. The van der Waals surface area contributed by atoms with Crippen LogP contribution < -0.4 is 9.47 Å². The minimum Gasteiger partial charge on any atom is -0.497 e. The summed E-state index contributed by atoms with van der Waals surface area (Å²) in [5.41, 5.74) is 2.67. The molecule has 0 saturated heterocycles. The highest BCUT2D eigenvalue weighted by Crippen LogP contribution is 2.18. The molecule has 0 N–H and O–H groups in total. The van der Waals surface area contributed by atoms with Crippen molar-refractivity contribution in [3.05, 3.63) is 59.7 Å². The number of oxime groups is 1. The minimum atomic E-state index is 0.762. The van der Waals surface area contributed by atoms with E-state index in [4.69, 9.17) is 14.3 Å². The maximum Gasteiger partial charge on any atom is 0.118 e. The lowest BCUT2D eigenvalue weighted by atomic mass is 10.0. The Morgan fingerprint density at radius 3 is 1.40 bits per heavy atom. The third kappa shape index (κ3) is 3.09. The van der Waals surface area contributed by atoms with Crippen molar-refractivity contribution in [3.63, 3.8) is 0 Å². The molecule has 0 aliphatic rings. The normalized spacial score (nSPS) is 9.75. The van der Waals surface area contributed by atoms with E-state index in [1.165, 1.54) is 7.11 Å². The van der Waals surface area contributed by atoms with Crippen molar-refractivity contribution in [2.24, 2.45) is 5.16 Å². The molecule has 0 amide bonds. The fourth-order valence-corrected chi connectivity index (χ4v) is 1.86. The Balaban J connectivity index is 2.36. The van der Waals surface area contributed by atoms with Crippen molar-refractivity contribution in [2.45, 2.75) is 0 Å². The number of nitrogens with zero attached hydrogens (tertiary/aromatic N) is 1. The second kappa shape index (κ2) is 6.61. The van der Waals surface area contributed by atoms with Crippen LogP contribution in [0.3, 0.4) is 0 Å². The molecule has 0 aliphatic heterocycles. The van der Waals surface area contributed by atoms with Crippen molar-refractivity contribution in [2.75, 3.05) is 21.3 Å². The van der Waals surface area contributed by atoms with Crippen molar-refractivity contribution in [1.29, 1.82) is 0 Å². The van der Waals surface area contributed by atoms with Crippen LogP contribution in [0.2, 0.25) is 0 Å². The highest BCUT2D eigenvalue weighted by Gasteiger charge is 2.08. The van der Waals surface area contributed by atoms with Gasteiger partial charge in [0.25, 0.3) is 0 Å². The Bertz CT molecular complexity index is 524. The molecule has 2 aromatic rings. The summed E-state index contributed by atoms with van der Waals surface area (Å²) in [5, 5.41) is 4.11. The molecular formula is C16H17NO3. The van der Waals surface area contributed by atoms with Crippen LogP contribution in [0.15, 0.2) is 53.7 Å². The number of benzene rings is 2. The number of ether oxygens (including phenoxy) is 2. The largest absolute Gasteiger partial charge is 0.497 e. The zero-order chi connectivity index (χ0) is 14.4. The Kier molecular flexibility index (Phi) is 4.60. The van der Waals surface area contributed by atoms with Gasteiger partial charge in [0.15, 0.2) is 0 Å². The number of hydrogen-bond donors (Lipinski definition) is 0. The fourth-order valence-electron chi connectivity index (χ4n) is 1.86. The van der Waals surface area contributed by atoms with E-state index in [-0.39, 0.29) is 0 Å². The topological polar surface area (TPSA) is 40.0 Å². The molecule has 0 aromatic heterocycles. The van der Waals surface area contributed by atoms with E-state index < -0.39 is 0 Å². The second-order valence-corrected chi connectivity index (χ2v) is 4.08. The Labute approximate surface area is 118 Å². The van der Waals surface area contributed by atoms with Gasteiger partial charge in [-0.3, -0.25) is 0 Å². The maximum atomic E-state index is 5.16. The van der Waals surface area contributed by atoms with Crippen LogP contribution in [0.25, 0.3) is 0 Å². The molecule has 0 unspecified atom stereocenters. The van der Waals surface area contributed by atoms with E-state index in [2.05, 4.69) is 5.16 Å².